The van der Waals surface area contributed by atoms with Crippen molar-refractivity contribution in [1.29, 1.82) is 0 Å². The Kier molecular flexibility index (Phi) is 3.70. The average Bonchev–Trinajstić information content (AvgIpc) is 2.87. The Bertz CT molecular complexity index is 777. The molecule has 3 N–H and O–H groups in total. The van der Waals surface area contributed by atoms with Gasteiger partial charge in [0.25, 0.3) is 0 Å². The third-order valence-electron chi connectivity index (χ3n) is 3.07. The highest BCUT2D eigenvalue weighted by Gasteiger charge is 2.06. The summed E-state index contributed by atoms with van der Waals surface area (Å²) in [7, 11) is 0. The number of H-pyrrole nitrogens is 1. The Morgan fingerprint density at radius 2 is 1.81 bits per heavy atom. The maximum atomic E-state index is 5.79. The molecule has 6 heteroatoms. The zero-order chi connectivity index (χ0) is 14.7. The Balaban J connectivity index is 1.72. The Morgan fingerprint density at radius 1 is 1.10 bits per heavy atom. The van der Waals surface area contributed by atoms with E-state index in [0.717, 1.165) is 16.9 Å². The quantitative estimate of drug-likeness (QED) is 0.574. The van der Waals surface area contributed by atoms with Gasteiger partial charge < -0.3 is 10.6 Å². The first-order chi connectivity index (χ1) is 10.2. The van der Waals surface area contributed by atoms with E-state index >= 15 is 0 Å². The number of hydrogen-bond acceptors (Lipinski definition) is 4. The molecule has 0 aliphatic carbocycles. The zero-order valence-corrected chi connectivity index (χ0v) is 12.0. The lowest BCUT2D eigenvalue weighted by Gasteiger charge is -2.07. The lowest BCUT2D eigenvalue weighted by Crippen LogP contribution is -2.09. The molecule has 3 aromatic rings. The Hall–Kier alpha value is -2.60. The molecule has 2 aromatic carbocycles. The molecular weight excluding hydrogens is 284 g/mol. The van der Waals surface area contributed by atoms with Gasteiger partial charge in [0.15, 0.2) is 5.82 Å². The minimum atomic E-state index is 0.384. The van der Waals surface area contributed by atoms with Crippen molar-refractivity contribution in [3.05, 3.63) is 64.9 Å². The van der Waals surface area contributed by atoms with Crippen molar-refractivity contribution in [3.63, 3.8) is 0 Å². The number of benzene rings is 2. The largest absolute Gasteiger partial charge is 0.489 e. The minimum absolute atomic E-state index is 0.384. The second-order valence-electron chi connectivity index (χ2n) is 4.52. The highest BCUT2D eigenvalue weighted by Crippen LogP contribution is 2.20. The van der Waals surface area contributed by atoms with Gasteiger partial charge >= 0.3 is 0 Å². The average molecular weight is 298 g/mol. The molecule has 0 bridgehead atoms. The van der Waals surface area contributed by atoms with E-state index in [2.05, 4.69) is 10.2 Å². The van der Waals surface area contributed by atoms with Crippen LogP contribution < -0.4 is 10.6 Å². The molecule has 0 radical (unpaired) electrons. The normalized spacial score (nSPS) is 10.5. The summed E-state index contributed by atoms with van der Waals surface area (Å²) < 4.78 is 7.46. The van der Waals surface area contributed by atoms with Crippen LogP contribution in [0.4, 0.5) is 0 Å². The van der Waals surface area contributed by atoms with Gasteiger partial charge in [0, 0.05) is 5.56 Å². The van der Waals surface area contributed by atoms with Crippen molar-refractivity contribution >= 4 is 12.2 Å². The fourth-order valence-electron chi connectivity index (χ4n) is 1.95. The number of nitrogens with one attached hydrogen (secondary N) is 1. The summed E-state index contributed by atoms with van der Waals surface area (Å²) in [4.78, 5) is 0. The molecule has 5 nitrogen and oxygen atoms in total. The molecule has 0 unspecified atom stereocenters. The molecule has 106 valence electrons. The monoisotopic (exact) mass is 298 g/mol. The van der Waals surface area contributed by atoms with Crippen LogP contribution >= 0.6 is 12.2 Å². The first-order valence-electron chi connectivity index (χ1n) is 6.44. The zero-order valence-electron chi connectivity index (χ0n) is 11.2. The van der Waals surface area contributed by atoms with Crippen LogP contribution in [0.1, 0.15) is 5.56 Å². The standard InChI is InChI=1S/C15H14N4OS/c16-19-14(17-18-15(19)21)12-6-8-13(9-7-12)20-10-11-4-2-1-3-5-11/h1-9H,10,16H2,(H,18,21). The number of hydrogen-bond donors (Lipinski definition) is 2. The molecule has 0 aliphatic rings. The second-order valence-corrected chi connectivity index (χ2v) is 4.91. The maximum absolute atomic E-state index is 5.79. The highest BCUT2D eigenvalue weighted by molar-refractivity contribution is 7.71. The van der Waals surface area contributed by atoms with Gasteiger partial charge in [-0.05, 0) is 42.0 Å². The number of rotatable bonds is 4. The third kappa shape index (κ3) is 2.95. The summed E-state index contributed by atoms with van der Waals surface area (Å²) in [5.41, 5.74) is 2.00. The van der Waals surface area contributed by atoms with E-state index in [0.29, 0.717) is 17.2 Å². The molecule has 0 aliphatic heterocycles. The predicted molar refractivity (Wildman–Crippen MR) is 83.8 cm³/mol. The third-order valence-corrected chi connectivity index (χ3v) is 3.35. The van der Waals surface area contributed by atoms with Crippen LogP contribution in [0.25, 0.3) is 11.4 Å². The van der Waals surface area contributed by atoms with Gasteiger partial charge in [-0.25, -0.2) is 9.77 Å². The molecular formula is C15H14N4OS. The summed E-state index contributed by atoms with van der Waals surface area (Å²) in [6.45, 7) is 0.537. The minimum Gasteiger partial charge on any atom is -0.489 e. The second kappa shape index (κ2) is 5.80. The van der Waals surface area contributed by atoms with E-state index in [4.69, 9.17) is 22.8 Å². The fraction of sp³-hybridized carbons (Fsp3) is 0.0667. The van der Waals surface area contributed by atoms with Crippen molar-refractivity contribution < 1.29 is 4.74 Å². The first-order valence-corrected chi connectivity index (χ1v) is 6.84. The van der Waals surface area contributed by atoms with Crippen molar-refractivity contribution in [3.8, 4) is 17.1 Å². The van der Waals surface area contributed by atoms with Crippen molar-refractivity contribution in [2.24, 2.45) is 0 Å². The molecule has 21 heavy (non-hydrogen) atoms. The van der Waals surface area contributed by atoms with E-state index in [1.165, 1.54) is 4.68 Å². The van der Waals surface area contributed by atoms with Gasteiger partial charge in [0.05, 0.1) is 0 Å². The molecule has 0 saturated carbocycles. The van der Waals surface area contributed by atoms with Gasteiger partial charge in [-0.3, -0.25) is 0 Å². The summed E-state index contributed by atoms with van der Waals surface area (Å²) >= 11 is 4.99. The van der Waals surface area contributed by atoms with Crippen LogP contribution in [0.2, 0.25) is 0 Å². The van der Waals surface area contributed by atoms with Crippen LogP contribution in [0.3, 0.4) is 0 Å². The maximum Gasteiger partial charge on any atom is 0.214 e. The molecule has 0 fully saturated rings. The number of ether oxygens (including phenoxy) is 1. The van der Waals surface area contributed by atoms with Crippen LogP contribution in [0.5, 0.6) is 5.75 Å². The van der Waals surface area contributed by atoms with E-state index in [1.807, 2.05) is 54.6 Å². The van der Waals surface area contributed by atoms with E-state index in [9.17, 15) is 0 Å². The first kappa shape index (κ1) is 13.4. The topological polar surface area (TPSA) is 68.9 Å². The van der Waals surface area contributed by atoms with Gasteiger partial charge in [-0.1, -0.05) is 30.3 Å². The van der Waals surface area contributed by atoms with E-state index in [-0.39, 0.29) is 0 Å². The fourth-order valence-corrected chi connectivity index (χ4v) is 2.08. The lowest BCUT2D eigenvalue weighted by atomic mass is 10.2. The SMILES string of the molecule is Nn1c(-c2ccc(OCc3ccccc3)cc2)n[nH]c1=S. The van der Waals surface area contributed by atoms with Crippen molar-refractivity contribution in [2.45, 2.75) is 6.61 Å². The van der Waals surface area contributed by atoms with E-state index in [1.54, 1.807) is 0 Å². The summed E-state index contributed by atoms with van der Waals surface area (Å²) in [5, 5.41) is 6.74. The molecule has 0 spiro atoms. The van der Waals surface area contributed by atoms with Crippen LogP contribution in [0.15, 0.2) is 54.6 Å². The number of nitrogens with two attached hydrogens (primary N) is 1. The number of aromatic nitrogens is 3. The van der Waals surface area contributed by atoms with E-state index < -0.39 is 0 Å². The van der Waals surface area contributed by atoms with Crippen LogP contribution in [-0.4, -0.2) is 14.9 Å². The number of nitrogens with zero attached hydrogens (tertiary/aromatic N) is 2. The molecule has 3 rings (SSSR count). The van der Waals surface area contributed by atoms with Crippen molar-refractivity contribution in [2.75, 3.05) is 5.84 Å². The summed E-state index contributed by atoms with van der Waals surface area (Å²) in [5.74, 6) is 7.18. The number of aromatic amines is 1. The van der Waals surface area contributed by atoms with Crippen LogP contribution in [0, 0.1) is 4.77 Å². The van der Waals surface area contributed by atoms with Gasteiger partial charge in [0.2, 0.25) is 4.77 Å². The highest BCUT2D eigenvalue weighted by atomic mass is 32.1. The van der Waals surface area contributed by atoms with Crippen LogP contribution in [-0.2, 0) is 6.61 Å². The molecule has 1 aromatic heterocycles. The molecule has 0 amide bonds. The summed E-state index contributed by atoms with van der Waals surface area (Å²) in [6.07, 6.45) is 0. The van der Waals surface area contributed by atoms with Gasteiger partial charge in [0.1, 0.15) is 12.4 Å². The molecule has 0 saturated heterocycles. The number of nitrogen functional groups attached to an aromatic ring is 1. The Labute approximate surface area is 127 Å². The molecule has 0 atom stereocenters. The van der Waals surface area contributed by atoms with Crippen molar-refractivity contribution in [1.82, 2.24) is 14.9 Å². The lowest BCUT2D eigenvalue weighted by molar-refractivity contribution is 0.306. The Morgan fingerprint density at radius 3 is 2.43 bits per heavy atom. The molecule has 1 heterocycles. The predicted octanol–water partition coefficient (Wildman–Crippen LogP) is 2.90. The smallest absolute Gasteiger partial charge is 0.214 e. The van der Waals surface area contributed by atoms with Gasteiger partial charge in [-0.2, -0.15) is 5.10 Å². The van der Waals surface area contributed by atoms with Gasteiger partial charge in [-0.15, -0.1) is 0 Å². The summed E-state index contributed by atoms with van der Waals surface area (Å²) in [6, 6.07) is 17.6.